The SMILES string of the molecule is Cc1ccc(-c2nc3sc4ccc(C)c(C)c4n3c2C)cc1. The molecule has 2 aromatic carbocycles. The molecule has 0 atom stereocenters. The number of hydrogen-bond acceptors (Lipinski definition) is 2. The van der Waals surface area contributed by atoms with Gasteiger partial charge in [0.25, 0.3) is 0 Å². The molecule has 0 N–H and O–H groups in total. The Morgan fingerprint density at radius 2 is 1.64 bits per heavy atom. The first-order valence-electron chi connectivity index (χ1n) is 7.51. The summed E-state index contributed by atoms with van der Waals surface area (Å²) in [5.41, 5.74) is 8.77. The summed E-state index contributed by atoms with van der Waals surface area (Å²) >= 11 is 1.77. The van der Waals surface area contributed by atoms with Crippen LogP contribution in [0.15, 0.2) is 36.4 Å². The van der Waals surface area contributed by atoms with E-state index in [1.54, 1.807) is 11.3 Å². The van der Waals surface area contributed by atoms with Crippen molar-refractivity contribution in [1.29, 1.82) is 0 Å². The van der Waals surface area contributed by atoms with Crippen molar-refractivity contribution in [3.8, 4) is 11.3 Å². The topological polar surface area (TPSA) is 17.3 Å². The van der Waals surface area contributed by atoms with Gasteiger partial charge in [-0.15, -0.1) is 0 Å². The molecule has 0 bridgehead atoms. The number of aryl methyl sites for hydroxylation is 4. The van der Waals surface area contributed by atoms with E-state index < -0.39 is 0 Å². The third kappa shape index (κ3) is 1.82. The second kappa shape index (κ2) is 4.68. The summed E-state index contributed by atoms with van der Waals surface area (Å²) in [4.78, 5) is 5.98. The molecule has 0 aliphatic carbocycles. The molecule has 0 unspecified atom stereocenters. The van der Waals surface area contributed by atoms with Crippen LogP contribution in [0.3, 0.4) is 0 Å². The molecule has 0 aliphatic heterocycles. The van der Waals surface area contributed by atoms with Gasteiger partial charge in [0.15, 0.2) is 4.96 Å². The van der Waals surface area contributed by atoms with Crippen LogP contribution in [0.5, 0.6) is 0 Å². The van der Waals surface area contributed by atoms with Gasteiger partial charge in [-0.1, -0.05) is 47.2 Å². The Morgan fingerprint density at radius 1 is 0.909 bits per heavy atom. The minimum atomic E-state index is 1.08. The summed E-state index contributed by atoms with van der Waals surface area (Å²) in [5, 5.41) is 0. The summed E-state index contributed by atoms with van der Waals surface area (Å²) in [7, 11) is 0. The molecule has 0 fully saturated rings. The largest absolute Gasteiger partial charge is 0.287 e. The van der Waals surface area contributed by atoms with Crippen LogP contribution in [0.1, 0.15) is 22.4 Å². The zero-order valence-electron chi connectivity index (χ0n) is 13.3. The zero-order valence-corrected chi connectivity index (χ0v) is 14.1. The van der Waals surface area contributed by atoms with Crippen LogP contribution < -0.4 is 0 Å². The number of imidazole rings is 1. The first kappa shape index (κ1) is 13.5. The van der Waals surface area contributed by atoms with E-state index >= 15 is 0 Å². The van der Waals surface area contributed by atoms with Gasteiger partial charge in [0.2, 0.25) is 0 Å². The summed E-state index contributed by atoms with van der Waals surface area (Å²) in [6.07, 6.45) is 0. The molecule has 0 amide bonds. The maximum absolute atomic E-state index is 4.90. The molecule has 4 rings (SSSR count). The monoisotopic (exact) mass is 306 g/mol. The lowest BCUT2D eigenvalue weighted by Gasteiger charge is -2.04. The van der Waals surface area contributed by atoms with Crippen molar-refractivity contribution in [2.75, 3.05) is 0 Å². The van der Waals surface area contributed by atoms with Crippen LogP contribution >= 0.6 is 11.3 Å². The summed E-state index contributed by atoms with van der Waals surface area (Å²) in [6.45, 7) is 8.66. The van der Waals surface area contributed by atoms with Gasteiger partial charge in [-0.2, -0.15) is 0 Å². The number of rotatable bonds is 1. The van der Waals surface area contributed by atoms with Crippen LogP contribution in [-0.4, -0.2) is 9.38 Å². The van der Waals surface area contributed by atoms with Gasteiger partial charge >= 0.3 is 0 Å². The van der Waals surface area contributed by atoms with Crippen molar-refractivity contribution in [3.05, 3.63) is 58.8 Å². The quantitative estimate of drug-likeness (QED) is 0.457. The highest BCUT2D eigenvalue weighted by Gasteiger charge is 2.16. The standard InChI is InChI=1S/C19H18N2S/c1-11-5-8-15(9-6-11)17-14(4)21-18-13(3)12(2)7-10-16(18)22-19(21)20-17/h5-10H,1-4H3. The van der Waals surface area contributed by atoms with Crippen LogP contribution in [0.2, 0.25) is 0 Å². The Balaban J connectivity index is 2.06. The highest BCUT2D eigenvalue weighted by molar-refractivity contribution is 7.23. The van der Waals surface area contributed by atoms with E-state index in [4.69, 9.17) is 4.98 Å². The fourth-order valence-electron chi connectivity index (χ4n) is 3.03. The molecule has 3 heteroatoms. The highest BCUT2D eigenvalue weighted by Crippen LogP contribution is 2.34. The second-order valence-electron chi connectivity index (χ2n) is 5.99. The van der Waals surface area contributed by atoms with E-state index in [1.807, 2.05) is 0 Å². The molecule has 0 radical (unpaired) electrons. The second-order valence-corrected chi connectivity index (χ2v) is 7.00. The Hall–Kier alpha value is -2.13. The van der Waals surface area contributed by atoms with Crippen molar-refractivity contribution in [3.63, 3.8) is 0 Å². The average molecular weight is 306 g/mol. The predicted octanol–water partition coefficient (Wildman–Crippen LogP) is 5.45. The van der Waals surface area contributed by atoms with Gasteiger partial charge in [-0.3, -0.25) is 4.40 Å². The molecule has 0 saturated carbocycles. The van der Waals surface area contributed by atoms with E-state index in [0.29, 0.717) is 0 Å². The molecule has 2 heterocycles. The number of nitrogens with zero attached hydrogens (tertiary/aromatic N) is 2. The molecule has 0 aliphatic rings. The number of benzene rings is 2. The van der Waals surface area contributed by atoms with Crippen molar-refractivity contribution >= 4 is 26.5 Å². The molecule has 4 aromatic rings. The molecule has 22 heavy (non-hydrogen) atoms. The van der Waals surface area contributed by atoms with Gasteiger partial charge in [0.1, 0.15) is 0 Å². The van der Waals surface area contributed by atoms with E-state index in [0.717, 1.165) is 10.7 Å². The van der Waals surface area contributed by atoms with Crippen molar-refractivity contribution in [2.24, 2.45) is 0 Å². The van der Waals surface area contributed by atoms with Gasteiger partial charge < -0.3 is 0 Å². The Bertz CT molecular complexity index is 1000. The molecule has 0 spiro atoms. The lowest BCUT2D eigenvalue weighted by molar-refractivity contribution is 1.17. The molecule has 2 aromatic heterocycles. The minimum Gasteiger partial charge on any atom is -0.287 e. The van der Waals surface area contributed by atoms with Crippen molar-refractivity contribution in [2.45, 2.75) is 27.7 Å². The zero-order chi connectivity index (χ0) is 15.4. The summed E-state index contributed by atoms with van der Waals surface area (Å²) < 4.78 is 3.63. The third-order valence-corrected chi connectivity index (χ3v) is 5.50. The minimum absolute atomic E-state index is 1.08. The lowest BCUT2D eigenvalue weighted by atomic mass is 10.1. The number of thiazole rings is 1. The maximum atomic E-state index is 4.90. The average Bonchev–Trinajstić information content (AvgIpc) is 3.02. The van der Waals surface area contributed by atoms with E-state index in [1.165, 1.54) is 38.2 Å². The number of fused-ring (bicyclic) bond motifs is 3. The lowest BCUT2D eigenvalue weighted by Crippen LogP contribution is -1.90. The van der Waals surface area contributed by atoms with Gasteiger partial charge in [-0.05, 0) is 44.9 Å². The van der Waals surface area contributed by atoms with Crippen LogP contribution in [0.25, 0.3) is 26.4 Å². The molecule has 110 valence electrons. The van der Waals surface area contributed by atoms with E-state index in [2.05, 4.69) is 68.5 Å². The van der Waals surface area contributed by atoms with Gasteiger partial charge in [0, 0.05) is 11.3 Å². The molecular formula is C19H18N2S. The van der Waals surface area contributed by atoms with Crippen LogP contribution in [0, 0.1) is 27.7 Å². The number of aromatic nitrogens is 2. The van der Waals surface area contributed by atoms with Crippen LogP contribution in [-0.2, 0) is 0 Å². The van der Waals surface area contributed by atoms with Crippen molar-refractivity contribution < 1.29 is 0 Å². The predicted molar refractivity (Wildman–Crippen MR) is 95.0 cm³/mol. The summed E-state index contributed by atoms with van der Waals surface area (Å²) in [5.74, 6) is 0. The summed E-state index contributed by atoms with van der Waals surface area (Å²) in [6, 6.07) is 13.0. The maximum Gasteiger partial charge on any atom is 0.195 e. The van der Waals surface area contributed by atoms with E-state index in [-0.39, 0.29) is 0 Å². The fraction of sp³-hybridized carbons (Fsp3) is 0.211. The highest BCUT2D eigenvalue weighted by atomic mass is 32.1. The molecular weight excluding hydrogens is 288 g/mol. The normalized spacial score (nSPS) is 11.6. The third-order valence-electron chi connectivity index (χ3n) is 4.49. The van der Waals surface area contributed by atoms with Crippen LogP contribution in [0.4, 0.5) is 0 Å². The Labute approximate surface area is 134 Å². The van der Waals surface area contributed by atoms with Gasteiger partial charge in [0.05, 0.1) is 15.9 Å². The first-order chi connectivity index (χ1) is 10.6. The Morgan fingerprint density at radius 3 is 2.36 bits per heavy atom. The van der Waals surface area contributed by atoms with Gasteiger partial charge in [-0.25, -0.2) is 4.98 Å². The molecule has 0 saturated heterocycles. The van der Waals surface area contributed by atoms with E-state index in [9.17, 15) is 0 Å². The number of hydrogen-bond donors (Lipinski definition) is 0. The first-order valence-corrected chi connectivity index (χ1v) is 8.32. The smallest absolute Gasteiger partial charge is 0.195 e. The molecule has 2 nitrogen and oxygen atoms in total. The van der Waals surface area contributed by atoms with Crippen molar-refractivity contribution in [1.82, 2.24) is 9.38 Å². The Kier molecular flexibility index (Phi) is 2.88. The fourth-order valence-corrected chi connectivity index (χ4v) is 4.16.